The molecule has 0 unspecified atom stereocenters. The first kappa shape index (κ1) is 19.4. The van der Waals surface area contributed by atoms with Gasteiger partial charge < -0.3 is 5.32 Å². The molecule has 0 radical (unpaired) electrons. The van der Waals surface area contributed by atoms with E-state index >= 15 is 0 Å². The topological polar surface area (TPSA) is 105 Å². The summed E-state index contributed by atoms with van der Waals surface area (Å²) in [5, 5.41) is 5.24. The van der Waals surface area contributed by atoms with E-state index in [-0.39, 0.29) is 15.9 Å². The third-order valence-corrected chi connectivity index (χ3v) is 6.46. The number of sulfonamides is 1. The molecule has 1 aromatic carbocycles. The number of aromatic nitrogens is 3. The minimum atomic E-state index is -3.75. The number of amides is 1. The van der Waals surface area contributed by atoms with Gasteiger partial charge in [-0.05, 0) is 37.3 Å². The number of fused-ring (bicyclic) bond motifs is 1. The van der Waals surface area contributed by atoms with Crippen LogP contribution in [0.4, 0.5) is 10.8 Å². The third-order valence-electron chi connectivity index (χ3n) is 4.05. The van der Waals surface area contributed by atoms with Crippen molar-refractivity contribution in [2.24, 2.45) is 0 Å². The number of benzene rings is 1. The molecule has 0 aliphatic carbocycles. The van der Waals surface area contributed by atoms with Crippen LogP contribution in [-0.2, 0) is 10.0 Å². The highest BCUT2D eigenvalue weighted by atomic mass is 35.5. The van der Waals surface area contributed by atoms with Gasteiger partial charge in [-0.25, -0.2) is 18.4 Å². The van der Waals surface area contributed by atoms with E-state index in [4.69, 9.17) is 11.6 Å². The number of carbonyl (C=O) groups excluding carboxylic acids is 1. The van der Waals surface area contributed by atoms with E-state index in [9.17, 15) is 13.2 Å². The predicted molar refractivity (Wildman–Crippen MR) is 112 cm³/mol. The smallest absolute Gasteiger partial charge is 0.274 e. The number of nitrogens with one attached hydrogen (secondary N) is 2. The van der Waals surface area contributed by atoms with Crippen LogP contribution in [0.5, 0.6) is 0 Å². The molecule has 0 spiro atoms. The van der Waals surface area contributed by atoms with E-state index in [1.54, 1.807) is 35.0 Å². The van der Waals surface area contributed by atoms with Crippen LogP contribution in [0.15, 0.2) is 59.1 Å². The number of nitrogens with zero attached hydrogens (tertiary/aromatic N) is 3. The summed E-state index contributed by atoms with van der Waals surface area (Å²) in [5.74, 6) is -0.367. The summed E-state index contributed by atoms with van der Waals surface area (Å²) in [6.07, 6.45) is 3.18. The molecule has 8 nitrogen and oxygen atoms in total. The average molecular weight is 448 g/mol. The van der Waals surface area contributed by atoms with Gasteiger partial charge in [0.15, 0.2) is 5.13 Å². The number of aryl methyl sites for hydroxylation is 1. The van der Waals surface area contributed by atoms with Crippen LogP contribution in [0.3, 0.4) is 0 Å². The number of hydrogen-bond acceptors (Lipinski definition) is 6. The maximum atomic E-state index is 12.7. The van der Waals surface area contributed by atoms with Crippen LogP contribution in [0.25, 0.3) is 5.65 Å². The van der Waals surface area contributed by atoms with Gasteiger partial charge in [-0.3, -0.25) is 13.9 Å². The minimum Gasteiger partial charge on any atom is -0.321 e. The average Bonchev–Trinajstić information content (AvgIpc) is 3.27. The highest BCUT2D eigenvalue weighted by Crippen LogP contribution is 2.21. The third kappa shape index (κ3) is 3.95. The second-order valence-corrected chi connectivity index (χ2v) is 9.05. The molecular formula is C18H14ClN5O3S2. The summed E-state index contributed by atoms with van der Waals surface area (Å²) in [6.45, 7) is 1.73. The Morgan fingerprint density at radius 3 is 2.66 bits per heavy atom. The molecule has 0 saturated carbocycles. The molecule has 0 aliphatic rings. The summed E-state index contributed by atoms with van der Waals surface area (Å²) in [7, 11) is -3.75. The molecule has 0 aliphatic heterocycles. The number of carbonyl (C=O) groups is 1. The Kier molecular flexibility index (Phi) is 4.99. The molecule has 4 aromatic rings. The molecule has 2 N–H and O–H groups in total. The van der Waals surface area contributed by atoms with Gasteiger partial charge in [0.1, 0.15) is 11.3 Å². The van der Waals surface area contributed by atoms with Crippen LogP contribution in [0.1, 0.15) is 16.2 Å². The summed E-state index contributed by atoms with van der Waals surface area (Å²) < 4.78 is 28.8. The van der Waals surface area contributed by atoms with Crippen molar-refractivity contribution in [3.8, 4) is 0 Å². The van der Waals surface area contributed by atoms with Crippen molar-refractivity contribution >= 4 is 55.3 Å². The highest BCUT2D eigenvalue weighted by molar-refractivity contribution is 7.93. The first-order valence-corrected chi connectivity index (χ1v) is 11.1. The zero-order valence-corrected chi connectivity index (χ0v) is 17.3. The second-order valence-electron chi connectivity index (χ2n) is 6.04. The fraction of sp³-hybridized carbons (Fsp3) is 0.0556. The van der Waals surface area contributed by atoms with Crippen LogP contribution in [-0.4, -0.2) is 28.7 Å². The van der Waals surface area contributed by atoms with E-state index < -0.39 is 10.0 Å². The maximum Gasteiger partial charge on any atom is 0.274 e. The summed E-state index contributed by atoms with van der Waals surface area (Å²) in [5.41, 5.74) is 1.94. The molecule has 3 heterocycles. The second kappa shape index (κ2) is 7.47. The normalized spacial score (nSPS) is 11.5. The van der Waals surface area contributed by atoms with Gasteiger partial charge in [-0.15, -0.1) is 11.3 Å². The monoisotopic (exact) mass is 447 g/mol. The Balaban J connectivity index is 1.55. The first-order valence-electron chi connectivity index (χ1n) is 8.31. The Morgan fingerprint density at radius 2 is 1.97 bits per heavy atom. The zero-order valence-electron chi connectivity index (χ0n) is 15.0. The first-order chi connectivity index (χ1) is 13.8. The van der Waals surface area contributed by atoms with Crippen molar-refractivity contribution in [2.75, 3.05) is 10.0 Å². The molecule has 0 bridgehead atoms. The van der Waals surface area contributed by atoms with Gasteiger partial charge in [-0.2, -0.15) is 0 Å². The number of hydrogen-bond donors (Lipinski definition) is 2. The van der Waals surface area contributed by atoms with E-state index in [0.29, 0.717) is 27.7 Å². The molecule has 0 saturated heterocycles. The van der Waals surface area contributed by atoms with Crippen molar-refractivity contribution in [2.45, 2.75) is 11.8 Å². The van der Waals surface area contributed by atoms with Gasteiger partial charge in [0.05, 0.1) is 10.6 Å². The number of anilines is 2. The number of imidazole rings is 1. The standard InChI is InChI=1S/C18H14ClN5O3S2/c1-11-16(24-8-6-12(19)10-15(24)21-11)17(25)22-13-2-4-14(5-3-13)29(26,27)23-18-20-7-9-28-18/h2-10H,1H3,(H,20,23)(H,22,25). The minimum absolute atomic E-state index is 0.0614. The molecule has 29 heavy (non-hydrogen) atoms. The molecule has 11 heteroatoms. The largest absolute Gasteiger partial charge is 0.321 e. The Hall–Kier alpha value is -2.95. The van der Waals surface area contributed by atoms with Crippen LogP contribution in [0.2, 0.25) is 5.02 Å². The Morgan fingerprint density at radius 1 is 1.21 bits per heavy atom. The molecule has 1 amide bonds. The van der Waals surface area contributed by atoms with Crippen molar-refractivity contribution in [3.05, 3.63) is 70.6 Å². The van der Waals surface area contributed by atoms with Crippen LogP contribution in [0, 0.1) is 6.92 Å². The van der Waals surface area contributed by atoms with Crippen molar-refractivity contribution in [3.63, 3.8) is 0 Å². The fourth-order valence-corrected chi connectivity index (χ4v) is 4.71. The van der Waals surface area contributed by atoms with E-state index in [0.717, 1.165) is 0 Å². The number of rotatable bonds is 5. The fourth-order valence-electron chi connectivity index (χ4n) is 2.77. The lowest BCUT2D eigenvalue weighted by atomic mass is 10.3. The van der Waals surface area contributed by atoms with Gasteiger partial charge >= 0.3 is 0 Å². The highest BCUT2D eigenvalue weighted by Gasteiger charge is 2.18. The van der Waals surface area contributed by atoms with Crippen LogP contribution >= 0.6 is 22.9 Å². The Bertz CT molecular complexity index is 1300. The predicted octanol–water partition coefficient (Wildman–Crippen LogP) is 3.81. The molecule has 4 rings (SSSR count). The van der Waals surface area contributed by atoms with Gasteiger partial charge in [0.2, 0.25) is 0 Å². The summed E-state index contributed by atoms with van der Waals surface area (Å²) >= 11 is 7.16. The van der Waals surface area contributed by atoms with Crippen molar-refractivity contribution < 1.29 is 13.2 Å². The molecular weight excluding hydrogens is 434 g/mol. The molecule has 0 atom stereocenters. The molecule has 0 fully saturated rings. The molecule has 3 aromatic heterocycles. The lowest BCUT2D eigenvalue weighted by Gasteiger charge is -2.08. The van der Waals surface area contributed by atoms with Crippen molar-refractivity contribution in [1.82, 2.24) is 14.4 Å². The quantitative estimate of drug-likeness (QED) is 0.484. The maximum absolute atomic E-state index is 12.7. The van der Waals surface area contributed by atoms with E-state index in [1.807, 2.05) is 0 Å². The molecule has 148 valence electrons. The number of thiazole rings is 1. The van der Waals surface area contributed by atoms with Gasteiger partial charge in [-0.1, -0.05) is 11.6 Å². The number of pyridine rings is 1. The van der Waals surface area contributed by atoms with Gasteiger partial charge in [0.25, 0.3) is 15.9 Å². The van der Waals surface area contributed by atoms with E-state index in [1.165, 1.54) is 41.8 Å². The SMILES string of the molecule is Cc1nc2cc(Cl)ccn2c1C(=O)Nc1ccc(S(=O)(=O)Nc2nccs2)cc1. The number of halogens is 1. The van der Waals surface area contributed by atoms with E-state index in [2.05, 4.69) is 20.0 Å². The van der Waals surface area contributed by atoms with Gasteiger partial charge in [0, 0.05) is 34.6 Å². The van der Waals surface area contributed by atoms with Crippen molar-refractivity contribution in [1.29, 1.82) is 0 Å². The summed E-state index contributed by atoms with van der Waals surface area (Å²) in [6, 6.07) is 9.19. The lowest BCUT2D eigenvalue weighted by molar-refractivity contribution is 0.102. The summed E-state index contributed by atoms with van der Waals surface area (Å²) in [4.78, 5) is 21.1. The Labute approximate surface area is 175 Å². The zero-order chi connectivity index (χ0) is 20.6. The lowest BCUT2D eigenvalue weighted by Crippen LogP contribution is -2.16. The van der Waals surface area contributed by atoms with Crippen LogP contribution < -0.4 is 10.0 Å².